The summed E-state index contributed by atoms with van der Waals surface area (Å²) in [5, 5.41) is 2.94. The lowest BCUT2D eigenvalue weighted by atomic mass is 9.89. The molecule has 0 bridgehead atoms. The van der Waals surface area contributed by atoms with Crippen LogP contribution in [0.25, 0.3) is 0 Å². The van der Waals surface area contributed by atoms with Gasteiger partial charge in [0, 0.05) is 6.54 Å². The summed E-state index contributed by atoms with van der Waals surface area (Å²) in [4.78, 5) is 12.3. The molecule has 1 aromatic rings. The largest absolute Gasteiger partial charge is 0.486 e. The van der Waals surface area contributed by atoms with Gasteiger partial charge in [-0.15, -0.1) is 0 Å². The predicted molar refractivity (Wildman–Crippen MR) is 77.2 cm³/mol. The van der Waals surface area contributed by atoms with Gasteiger partial charge in [-0.05, 0) is 30.5 Å². The van der Waals surface area contributed by atoms with Crippen molar-refractivity contribution in [2.45, 2.75) is 20.3 Å². The van der Waals surface area contributed by atoms with Crippen LogP contribution in [-0.2, 0) is 0 Å². The van der Waals surface area contributed by atoms with Gasteiger partial charge in [0.15, 0.2) is 11.5 Å². The van der Waals surface area contributed by atoms with Crippen molar-refractivity contribution in [1.29, 1.82) is 0 Å². The first-order valence-electron chi connectivity index (χ1n) is 6.90. The molecule has 0 unspecified atom stereocenters. The molecule has 0 atom stereocenters. The highest BCUT2D eigenvalue weighted by molar-refractivity contribution is 5.97. The Bertz CT molecular complexity index is 486. The molecule has 1 aromatic carbocycles. The van der Waals surface area contributed by atoms with E-state index in [9.17, 15) is 4.79 Å². The van der Waals surface area contributed by atoms with Crippen molar-refractivity contribution in [3.63, 3.8) is 0 Å². The van der Waals surface area contributed by atoms with E-state index >= 15 is 0 Å². The summed E-state index contributed by atoms with van der Waals surface area (Å²) < 4.78 is 11.0. The van der Waals surface area contributed by atoms with Crippen LogP contribution in [0.3, 0.4) is 0 Å². The molecule has 20 heavy (non-hydrogen) atoms. The summed E-state index contributed by atoms with van der Waals surface area (Å²) in [6, 6.07) is 5.36. The summed E-state index contributed by atoms with van der Waals surface area (Å²) in [7, 11) is 0. The third kappa shape index (κ3) is 3.42. The Kier molecular flexibility index (Phi) is 4.49. The summed E-state index contributed by atoms with van der Waals surface area (Å²) in [5.41, 5.74) is 6.08. The lowest BCUT2D eigenvalue weighted by Crippen LogP contribution is -2.35. The fourth-order valence-corrected chi connectivity index (χ4v) is 2.15. The molecular formula is C15H22N2O3. The highest BCUT2D eigenvalue weighted by Gasteiger charge is 2.22. The zero-order valence-corrected chi connectivity index (χ0v) is 12.1. The van der Waals surface area contributed by atoms with Crippen LogP contribution in [0.4, 0.5) is 0 Å². The number of nitrogens with two attached hydrogens (primary N) is 1. The first-order chi connectivity index (χ1) is 9.53. The molecule has 0 spiro atoms. The van der Waals surface area contributed by atoms with Crippen molar-refractivity contribution in [2.75, 3.05) is 26.3 Å². The summed E-state index contributed by atoms with van der Waals surface area (Å²) in [6.45, 7) is 6.34. The van der Waals surface area contributed by atoms with Gasteiger partial charge in [-0.25, -0.2) is 0 Å². The fourth-order valence-electron chi connectivity index (χ4n) is 2.15. The minimum atomic E-state index is -0.141. The quantitative estimate of drug-likeness (QED) is 0.857. The van der Waals surface area contributed by atoms with E-state index in [4.69, 9.17) is 15.2 Å². The van der Waals surface area contributed by atoms with Crippen LogP contribution in [0, 0.1) is 5.41 Å². The van der Waals surface area contributed by atoms with Gasteiger partial charge in [-0.1, -0.05) is 19.9 Å². The van der Waals surface area contributed by atoms with E-state index in [1.165, 1.54) is 0 Å². The number of rotatable bonds is 5. The molecule has 0 saturated heterocycles. The topological polar surface area (TPSA) is 73.6 Å². The Morgan fingerprint density at radius 1 is 1.35 bits per heavy atom. The minimum absolute atomic E-state index is 0.0173. The summed E-state index contributed by atoms with van der Waals surface area (Å²) in [6.07, 6.45) is 0.861. The second-order valence-electron chi connectivity index (χ2n) is 5.72. The number of hydrogen-bond donors (Lipinski definition) is 2. The number of para-hydroxylation sites is 1. The lowest BCUT2D eigenvalue weighted by Gasteiger charge is -2.25. The Labute approximate surface area is 119 Å². The second-order valence-corrected chi connectivity index (χ2v) is 5.72. The zero-order valence-electron chi connectivity index (χ0n) is 12.1. The summed E-state index contributed by atoms with van der Waals surface area (Å²) >= 11 is 0. The van der Waals surface area contributed by atoms with Crippen molar-refractivity contribution >= 4 is 5.91 Å². The molecule has 0 aromatic heterocycles. The zero-order chi connectivity index (χ0) is 14.6. The van der Waals surface area contributed by atoms with E-state index in [2.05, 4.69) is 19.2 Å². The summed E-state index contributed by atoms with van der Waals surface area (Å²) in [5.74, 6) is 1.02. The highest BCUT2D eigenvalue weighted by Crippen LogP contribution is 2.33. The predicted octanol–water partition coefficient (Wildman–Crippen LogP) is 1.56. The molecule has 0 aliphatic carbocycles. The molecule has 5 heteroatoms. The molecule has 110 valence electrons. The molecule has 2 rings (SSSR count). The van der Waals surface area contributed by atoms with Crippen LogP contribution in [0.15, 0.2) is 18.2 Å². The maximum absolute atomic E-state index is 12.3. The molecular weight excluding hydrogens is 256 g/mol. The third-order valence-electron chi connectivity index (χ3n) is 3.36. The smallest absolute Gasteiger partial charge is 0.255 e. The normalized spacial score (nSPS) is 13.9. The number of carbonyl (C=O) groups excluding carboxylic acids is 1. The maximum atomic E-state index is 12.3. The number of benzene rings is 1. The van der Waals surface area contributed by atoms with Crippen molar-refractivity contribution in [3.8, 4) is 11.5 Å². The third-order valence-corrected chi connectivity index (χ3v) is 3.36. The van der Waals surface area contributed by atoms with Gasteiger partial charge in [0.25, 0.3) is 5.91 Å². The van der Waals surface area contributed by atoms with E-state index in [0.717, 1.165) is 6.42 Å². The standard InChI is InChI=1S/C15H22N2O3/c1-15(2,6-7-16)10-17-14(18)11-4-3-5-12-13(11)20-9-8-19-12/h3-5H,6-10,16H2,1-2H3,(H,17,18). The first kappa shape index (κ1) is 14.7. The molecule has 5 nitrogen and oxygen atoms in total. The Morgan fingerprint density at radius 3 is 2.85 bits per heavy atom. The molecule has 1 aliphatic rings. The van der Waals surface area contributed by atoms with Crippen molar-refractivity contribution < 1.29 is 14.3 Å². The maximum Gasteiger partial charge on any atom is 0.255 e. The molecule has 1 heterocycles. The van der Waals surface area contributed by atoms with Gasteiger partial charge in [0.1, 0.15) is 13.2 Å². The van der Waals surface area contributed by atoms with Crippen molar-refractivity contribution in [2.24, 2.45) is 11.1 Å². The number of ether oxygens (including phenoxy) is 2. The van der Waals surface area contributed by atoms with Gasteiger partial charge in [-0.3, -0.25) is 4.79 Å². The van der Waals surface area contributed by atoms with Crippen LogP contribution >= 0.6 is 0 Å². The number of carbonyl (C=O) groups is 1. The average molecular weight is 278 g/mol. The fraction of sp³-hybridized carbons (Fsp3) is 0.533. The molecule has 0 radical (unpaired) electrons. The molecule has 0 saturated carbocycles. The van der Waals surface area contributed by atoms with Crippen LogP contribution in [-0.4, -0.2) is 32.2 Å². The second kappa shape index (κ2) is 6.13. The Hall–Kier alpha value is -1.75. The minimum Gasteiger partial charge on any atom is -0.486 e. The number of fused-ring (bicyclic) bond motifs is 1. The number of hydrogen-bond acceptors (Lipinski definition) is 4. The molecule has 1 amide bonds. The van der Waals surface area contributed by atoms with Gasteiger partial charge in [0.05, 0.1) is 5.56 Å². The van der Waals surface area contributed by atoms with Gasteiger partial charge >= 0.3 is 0 Å². The van der Waals surface area contributed by atoms with Crippen LogP contribution in [0.1, 0.15) is 30.6 Å². The average Bonchev–Trinajstić information content (AvgIpc) is 2.44. The van der Waals surface area contributed by atoms with E-state index in [-0.39, 0.29) is 11.3 Å². The van der Waals surface area contributed by atoms with Gasteiger partial charge in [-0.2, -0.15) is 0 Å². The highest BCUT2D eigenvalue weighted by atomic mass is 16.6. The molecule has 3 N–H and O–H groups in total. The molecule has 0 fully saturated rings. The van der Waals surface area contributed by atoms with E-state index in [1.807, 2.05) is 6.07 Å². The van der Waals surface area contributed by atoms with E-state index in [0.29, 0.717) is 43.4 Å². The SMILES string of the molecule is CC(C)(CCN)CNC(=O)c1cccc2c1OCCO2. The Morgan fingerprint density at radius 2 is 2.10 bits per heavy atom. The molecule has 1 aliphatic heterocycles. The Balaban J connectivity index is 2.06. The van der Waals surface area contributed by atoms with Gasteiger partial charge in [0.2, 0.25) is 0 Å². The van der Waals surface area contributed by atoms with Crippen LogP contribution in [0.5, 0.6) is 11.5 Å². The number of nitrogens with one attached hydrogen (secondary N) is 1. The van der Waals surface area contributed by atoms with Crippen molar-refractivity contribution in [3.05, 3.63) is 23.8 Å². The van der Waals surface area contributed by atoms with Gasteiger partial charge < -0.3 is 20.5 Å². The monoisotopic (exact) mass is 278 g/mol. The van der Waals surface area contributed by atoms with E-state index in [1.54, 1.807) is 12.1 Å². The van der Waals surface area contributed by atoms with Crippen LogP contribution in [0.2, 0.25) is 0 Å². The van der Waals surface area contributed by atoms with Crippen molar-refractivity contribution in [1.82, 2.24) is 5.32 Å². The first-order valence-corrected chi connectivity index (χ1v) is 6.90. The van der Waals surface area contributed by atoms with E-state index < -0.39 is 0 Å². The van der Waals surface area contributed by atoms with Crippen LogP contribution < -0.4 is 20.5 Å². The lowest BCUT2D eigenvalue weighted by molar-refractivity contribution is 0.0924. The number of amides is 1.